The van der Waals surface area contributed by atoms with Gasteiger partial charge in [-0.15, -0.1) is 0 Å². The molecule has 2 N–H and O–H groups in total. The molecular formula is C7H19N4+. The third-order valence-corrected chi connectivity index (χ3v) is 1.86. The summed E-state index contributed by atoms with van der Waals surface area (Å²) in [7, 11) is 6.37. The lowest BCUT2D eigenvalue weighted by Crippen LogP contribution is -3.14. The van der Waals surface area contributed by atoms with Gasteiger partial charge in [0.1, 0.15) is 13.3 Å². The van der Waals surface area contributed by atoms with E-state index in [4.69, 9.17) is 0 Å². The lowest BCUT2D eigenvalue weighted by atomic mass is 10.5. The summed E-state index contributed by atoms with van der Waals surface area (Å²) >= 11 is 0. The number of rotatable bonds is 2. The second-order valence-electron chi connectivity index (χ2n) is 3.45. The summed E-state index contributed by atoms with van der Waals surface area (Å²) < 4.78 is 0. The molecule has 0 spiro atoms. The van der Waals surface area contributed by atoms with Gasteiger partial charge in [-0.1, -0.05) is 0 Å². The highest BCUT2D eigenvalue weighted by atomic mass is 15.5. The molecule has 0 aromatic rings. The number of hydrogen-bond donors (Lipinski definition) is 2. The Morgan fingerprint density at radius 1 is 1.45 bits per heavy atom. The molecule has 1 fully saturated rings. The molecule has 1 heterocycles. The largest absolute Gasteiger partial charge is 0.312 e. The molecule has 4 heteroatoms. The molecule has 11 heavy (non-hydrogen) atoms. The molecule has 1 aliphatic rings. The van der Waals surface area contributed by atoms with Crippen molar-refractivity contribution in [3.05, 3.63) is 0 Å². The van der Waals surface area contributed by atoms with Crippen molar-refractivity contribution in [1.82, 2.24) is 15.1 Å². The smallest absolute Gasteiger partial charge is 0.136 e. The summed E-state index contributed by atoms with van der Waals surface area (Å²) in [6.45, 7) is 4.37. The predicted octanol–water partition coefficient (Wildman–Crippen LogP) is -2.20. The molecule has 0 aromatic heterocycles. The molecule has 0 aromatic carbocycles. The second kappa shape index (κ2) is 4.01. The van der Waals surface area contributed by atoms with Crippen LogP contribution in [0.15, 0.2) is 0 Å². The van der Waals surface area contributed by atoms with E-state index < -0.39 is 0 Å². The fraction of sp³-hybridized carbons (Fsp3) is 1.00. The summed E-state index contributed by atoms with van der Waals surface area (Å²) in [5, 5.41) is 3.16. The third-order valence-electron chi connectivity index (χ3n) is 1.86. The highest BCUT2D eigenvalue weighted by Crippen LogP contribution is 1.88. The first-order valence-electron chi connectivity index (χ1n) is 4.09. The van der Waals surface area contributed by atoms with Gasteiger partial charge in [-0.25, -0.2) is 9.80 Å². The van der Waals surface area contributed by atoms with Crippen LogP contribution in [0.25, 0.3) is 0 Å². The van der Waals surface area contributed by atoms with Crippen molar-refractivity contribution in [2.75, 3.05) is 47.8 Å². The zero-order valence-electron chi connectivity index (χ0n) is 7.72. The van der Waals surface area contributed by atoms with Crippen molar-refractivity contribution in [2.24, 2.45) is 0 Å². The van der Waals surface area contributed by atoms with Crippen LogP contribution in [0.4, 0.5) is 0 Å². The van der Waals surface area contributed by atoms with Gasteiger partial charge in [0, 0.05) is 0 Å². The normalized spacial score (nSPS) is 29.2. The molecule has 1 atom stereocenters. The highest BCUT2D eigenvalue weighted by Gasteiger charge is 2.19. The number of nitrogens with zero attached hydrogens (tertiary/aromatic N) is 2. The second-order valence-corrected chi connectivity index (χ2v) is 3.45. The number of nitrogens with one attached hydrogen (secondary N) is 2. The maximum absolute atomic E-state index is 3.16. The van der Waals surface area contributed by atoms with Crippen LogP contribution < -0.4 is 10.2 Å². The van der Waals surface area contributed by atoms with E-state index in [1.165, 1.54) is 0 Å². The summed E-state index contributed by atoms with van der Waals surface area (Å²) in [6.07, 6.45) is 0. The SMILES string of the molecule is CNCN1CN(C)C[NH+](C)C1. The van der Waals surface area contributed by atoms with Gasteiger partial charge in [0.2, 0.25) is 0 Å². The van der Waals surface area contributed by atoms with E-state index in [-0.39, 0.29) is 0 Å². The standard InChI is InChI=1S/C7H18N4/c1-8-4-11-6-9(2)5-10(3)7-11/h8H,4-7H2,1-3H3/p+1. The predicted molar refractivity (Wildman–Crippen MR) is 45.0 cm³/mol. The molecular weight excluding hydrogens is 140 g/mol. The molecule has 1 unspecified atom stereocenters. The minimum atomic E-state index is 0.988. The van der Waals surface area contributed by atoms with E-state index in [9.17, 15) is 0 Å². The van der Waals surface area contributed by atoms with Crippen molar-refractivity contribution < 1.29 is 4.90 Å². The lowest BCUT2D eigenvalue weighted by Gasteiger charge is -2.35. The fourth-order valence-corrected chi connectivity index (χ4v) is 1.66. The zero-order valence-corrected chi connectivity index (χ0v) is 7.72. The van der Waals surface area contributed by atoms with E-state index in [2.05, 4.69) is 29.2 Å². The van der Waals surface area contributed by atoms with Gasteiger partial charge in [-0.05, 0) is 14.1 Å². The Morgan fingerprint density at radius 2 is 2.18 bits per heavy atom. The molecule has 1 saturated heterocycles. The van der Waals surface area contributed by atoms with Gasteiger partial charge < -0.3 is 10.2 Å². The Labute approximate surface area is 68.8 Å². The van der Waals surface area contributed by atoms with Gasteiger partial charge in [-0.2, -0.15) is 0 Å². The van der Waals surface area contributed by atoms with Crippen LogP contribution in [0.2, 0.25) is 0 Å². The first-order valence-corrected chi connectivity index (χ1v) is 4.09. The Morgan fingerprint density at radius 3 is 2.73 bits per heavy atom. The molecule has 1 rings (SSSR count). The maximum Gasteiger partial charge on any atom is 0.136 e. The molecule has 0 radical (unpaired) electrons. The van der Waals surface area contributed by atoms with E-state index in [0.29, 0.717) is 0 Å². The molecule has 1 aliphatic heterocycles. The Bertz CT molecular complexity index is 107. The zero-order chi connectivity index (χ0) is 8.27. The average Bonchev–Trinajstić information content (AvgIpc) is 1.85. The van der Waals surface area contributed by atoms with Crippen molar-refractivity contribution >= 4 is 0 Å². The number of hydrogen-bond acceptors (Lipinski definition) is 3. The van der Waals surface area contributed by atoms with Crippen molar-refractivity contribution in [1.29, 1.82) is 0 Å². The van der Waals surface area contributed by atoms with Crippen LogP contribution in [-0.2, 0) is 0 Å². The topological polar surface area (TPSA) is 22.9 Å². The van der Waals surface area contributed by atoms with Gasteiger partial charge in [0.25, 0.3) is 0 Å². The van der Waals surface area contributed by atoms with Crippen LogP contribution in [0.3, 0.4) is 0 Å². The summed E-state index contributed by atoms with van der Waals surface area (Å²) in [5.41, 5.74) is 0. The van der Waals surface area contributed by atoms with Gasteiger partial charge in [0.05, 0.1) is 20.4 Å². The molecule has 0 amide bonds. The van der Waals surface area contributed by atoms with Crippen molar-refractivity contribution in [3.8, 4) is 0 Å². The molecule has 0 aliphatic carbocycles. The van der Waals surface area contributed by atoms with E-state index >= 15 is 0 Å². The molecule has 0 saturated carbocycles. The highest BCUT2D eigenvalue weighted by molar-refractivity contribution is 4.51. The van der Waals surface area contributed by atoms with E-state index in [0.717, 1.165) is 26.7 Å². The molecule has 66 valence electrons. The minimum absolute atomic E-state index is 0.988. The lowest BCUT2D eigenvalue weighted by molar-refractivity contribution is -0.909. The Hall–Kier alpha value is -0.160. The van der Waals surface area contributed by atoms with Crippen molar-refractivity contribution in [3.63, 3.8) is 0 Å². The van der Waals surface area contributed by atoms with Crippen LogP contribution >= 0.6 is 0 Å². The summed E-state index contributed by atoms with van der Waals surface area (Å²) in [5.74, 6) is 0. The van der Waals surface area contributed by atoms with E-state index in [1.54, 1.807) is 4.90 Å². The maximum atomic E-state index is 3.16. The van der Waals surface area contributed by atoms with Crippen LogP contribution in [0.5, 0.6) is 0 Å². The monoisotopic (exact) mass is 159 g/mol. The van der Waals surface area contributed by atoms with E-state index in [1.807, 2.05) is 7.05 Å². The third kappa shape index (κ3) is 2.75. The van der Waals surface area contributed by atoms with Crippen LogP contribution in [0.1, 0.15) is 0 Å². The first kappa shape index (κ1) is 8.93. The fourth-order valence-electron chi connectivity index (χ4n) is 1.66. The Kier molecular flexibility index (Phi) is 3.26. The summed E-state index contributed by atoms with van der Waals surface area (Å²) in [4.78, 5) is 6.27. The number of quaternary nitrogens is 1. The van der Waals surface area contributed by atoms with Gasteiger partial charge in [-0.3, -0.25) is 0 Å². The summed E-state index contributed by atoms with van der Waals surface area (Å²) in [6, 6.07) is 0. The first-order chi connectivity index (χ1) is 5.22. The molecule has 0 bridgehead atoms. The quantitative estimate of drug-likeness (QED) is 0.478. The molecule has 4 nitrogen and oxygen atoms in total. The van der Waals surface area contributed by atoms with Crippen LogP contribution in [0, 0.1) is 0 Å². The van der Waals surface area contributed by atoms with Gasteiger partial charge in [0.15, 0.2) is 0 Å². The van der Waals surface area contributed by atoms with Crippen molar-refractivity contribution in [2.45, 2.75) is 0 Å². The van der Waals surface area contributed by atoms with Crippen LogP contribution in [-0.4, -0.2) is 57.6 Å². The van der Waals surface area contributed by atoms with Gasteiger partial charge >= 0.3 is 0 Å². The minimum Gasteiger partial charge on any atom is -0.312 e. The average molecular weight is 159 g/mol. The Balaban J connectivity index is 2.30.